The number of hydrogen-bond donors (Lipinski definition) is 0. The van der Waals surface area contributed by atoms with Gasteiger partial charge in [0.1, 0.15) is 0 Å². The van der Waals surface area contributed by atoms with Gasteiger partial charge in [-0.15, -0.1) is 11.3 Å². The zero-order chi connectivity index (χ0) is 13.3. The molecule has 0 radical (unpaired) electrons. The fourth-order valence-electron chi connectivity index (χ4n) is 2.02. The second-order valence-corrected chi connectivity index (χ2v) is 7.62. The molecular weight excluding hydrogens is 382 g/mol. The number of nitrogens with zero attached hydrogens (tertiary/aromatic N) is 1. The van der Waals surface area contributed by atoms with Crippen LogP contribution in [0.25, 0.3) is 0 Å². The Balaban J connectivity index is 2.20. The lowest BCUT2D eigenvalue weighted by molar-refractivity contribution is -0.0442. The Bertz CT molecular complexity index is 430. The van der Waals surface area contributed by atoms with Crippen molar-refractivity contribution in [1.82, 2.24) is 4.90 Å². The van der Waals surface area contributed by atoms with E-state index in [1.54, 1.807) is 0 Å². The van der Waals surface area contributed by atoms with Crippen molar-refractivity contribution >= 4 is 49.1 Å². The van der Waals surface area contributed by atoms with E-state index in [0.29, 0.717) is 13.2 Å². The largest absolute Gasteiger partial charge is 0.375 e. The zero-order valence-electron chi connectivity index (χ0n) is 10.3. The highest BCUT2D eigenvalue weighted by molar-refractivity contribution is 9.13. The summed E-state index contributed by atoms with van der Waals surface area (Å²) in [5.74, 6) is 0.105. The first-order chi connectivity index (χ1) is 8.52. The Labute approximate surface area is 128 Å². The summed E-state index contributed by atoms with van der Waals surface area (Å²) in [5.41, 5.74) is 0. The minimum Gasteiger partial charge on any atom is -0.375 e. The van der Waals surface area contributed by atoms with Crippen LogP contribution < -0.4 is 0 Å². The molecule has 18 heavy (non-hydrogen) atoms. The molecule has 2 rings (SSSR count). The Morgan fingerprint density at radius 3 is 2.89 bits per heavy atom. The van der Waals surface area contributed by atoms with Crippen molar-refractivity contribution in [2.45, 2.75) is 32.4 Å². The minimum absolute atomic E-state index is 0.105. The summed E-state index contributed by atoms with van der Waals surface area (Å²) >= 11 is 8.32. The van der Waals surface area contributed by atoms with Crippen LogP contribution in [0.3, 0.4) is 0 Å². The van der Waals surface area contributed by atoms with E-state index in [9.17, 15) is 4.79 Å². The van der Waals surface area contributed by atoms with Gasteiger partial charge in [-0.05, 0) is 51.3 Å². The van der Waals surface area contributed by atoms with Crippen molar-refractivity contribution in [1.29, 1.82) is 0 Å². The molecule has 3 nitrogen and oxygen atoms in total. The molecule has 0 N–H and O–H groups in total. The molecule has 2 unspecified atom stereocenters. The van der Waals surface area contributed by atoms with Gasteiger partial charge in [0, 0.05) is 11.0 Å². The van der Waals surface area contributed by atoms with Crippen molar-refractivity contribution in [3.05, 3.63) is 19.2 Å². The molecule has 0 spiro atoms. The van der Waals surface area contributed by atoms with Crippen LogP contribution in [-0.4, -0.2) is 36.1 Å². The van der Waals surface area contributed by atoms with Gasteiger partial charge in [-0.3, -0.25) is 4.79 Å². The molecule has 1 aromatic heterocycles. The maximum Gasteiger partial charge on any atom is 0.264 e. The predicted octanol–water partition coefficient (Wildman–Crippen LogP) is 3.91. The third kappa shape index (κ3) is 2.98. The van der Waals surface area contributed by atoms with E-state index in [4.69, 9.17) is 4.74 Å². The van der Waals surface area contributed by atoms with Gasteiger partial charge >= 0.3 is 0 Å². The molecule has 1 amide bonds. The minimum atomic E-state index is 0.105. The van der Waals surface area contributed by atoms with Crippen LogP contribution in [0.5, 0.6) is 0 Å². The molecule has 2 heterocycles. The standard InChI is InChI=1S/C12H15Br2NO2S/c1-3-8-6-17-7(2)5-15(8)12(16)10-4-9(13)11(14)18-10/h4,7-8H,3,5-6H2,1-2H3. The number of thiophene rings is 1. The first-order valence-corrected chi connectivity index (χ1v) is 8.30. The van der Waals surface area contributed by atoms with Crippen LogP contribution in [0.2, 0.25) is 0 Å². The zero-order valence-corrected chi connectivity index (χ0v) is 14.3. The molecular formula is C12H15Br2NO2S. The second kappa shape index (κ2) is 6.03. The molecule has 0 saturated carbocycles. The number of halogens is 2. The Morgan fingerprint density at radius 2 is 2.33 bits per heavy atom. The third-order valence-electron chi connectivity index (χ3n) is 3.06. The Kier molecular flexibility index (Phi) is 4.86. The van der Waals surface area contributed by atoms with Crippen molar-refractivity contribution in [3.8, 4) is 0 Å². The van der Waals surface area contributed by atoms with Crippen LogP contribution in [0.4, 0.5) is 0 Å². The summed E-state index contributed by atoms with van der Waals surface area (Å²) in [5, 5.41) is 0. The summed E-state index contributed by atoms with van der Waals surface area (Å²) < 4.78 is 7.51. The second-order valence-electron chi connectivity index (χ2n) is 4.40. The van der Waals surface area contributed by atoms with Crippen LogP contribution in [0.15, 0.2) is 14.3 Å². The number of ether oxygens (including phenoxy) is 1. The molecule has 1 aliphatic heterocycles. The third-order valence-corrected chi connectivity index (χ3v) is 6.30. The fraction of sp³-hybridized carbons (Fsp3) is 0.583. The molecule has 1 fully saturated rings. The summed E-state index contributed by atoms with van der Waals surface area (Å²) in [4.78, 5) is 15.2. The molecule has 0 aliphatic carbocycles. The molecule has 2 atom stereocenters. The SMILES string of the molecule is CCC1COC(C)CN1C(=O)c1cc(Br)c(Br)s1. The van der Waals surface area contributed by atoms with Crippen molar-refractivity contribution < 1.29 is 9.53 Å². The number of amides is 1. The van der Waals surface area contributed by atoms with Crippen LogP contribution in [0.1, 0.15) is 29.9 Å². The van der Waals surface area contributed by atoms with E-state index >= 15 is 0 Å². The molecule has 1 saturated heterocycles. The van der Waals surface area contributed by atoms with E-state index in [0.717, 1.165) is 19.6 Å². The lowest BCUT2D eigenvalue weighted by Gasteiger charge is -2.38. The van der Waals surface area contributed by atoms with Gasteiger partial charge < -0.3 is 9.64 Å². The van der Waals surface area contributed by atoms with Gasteiger partial charge in [0.25, 0.3) is 5.91 Å². The molecule has 0 bridgehead atoms. The number of carbonyl (C=O) groups is 1. The predicted molar refractivity (Wildman–Crippen MR) is 80.2 cm³/mol. The molecule has 1 aliphatic rings. The number of morpholine rings is 1. The first-order valence-electron chi connectivity index (χ1n) is 5.90. The smallest absolute Gasteiger partial charge is 0.264 e. The Morgan fingerprint density at radius 1 is 1.61 bits per heavy atom. The van der Waals surface area contributed by atoms with Gasteiger partial charge in [0.2, 0.25) is 0 Å². The molecule has 6 heteroatoms. The fourth-order valence-corrected chi connectivity index (χ4v) is 4.02. The lowest BCUT2D eigenvalue weighted by atomic mass is 10.1. The highest BCUT2D eigenvalue weighted by Crippen LogP contribution is 2.33. The van der Waals surface area contributed by atoms with Crippen LogP contribution in [-0.2, 0) is 4.74 Å². The average molecular weight is 397 g/mol. The van der Waals surface area contributed by atoms with Crippen molar-refractivity contribution in [2.24, 2.45) is 0 Å². The topological polar surface area (TPSA) is 29.5 Å². The molecule has 100 valence electrons. The summed E-state index contributed by atoms with van der Waals surface area (Å²) in [7, 11) is 0. The summed E-state index contributed by atoms with van der Waals surface area (Å²) in [6.45, 7) is 5.40. The summed E-state index contributed by atoms with van der Waals surface area (Å²) in [6.07, 6.45) is 1.04. The van der Waals surface area contributed by atoms with Gasteiger partial charge in [-0.1, -0.05) is 6.92 Å². The lowest BCUT2D eigenvalue weighted by Crippen LogP contribution is -2.51. The monoisotopic (exact) mass is 395 g/mol. The quantitative estimate of drug-likeness (QED) is 0.758. The van der Waals surface area contributed by atoms with Gasteiger partial charge in [0.15, 0.2) is 0 Å². The Hall–Kier alpha value is 0.0900. The summed E-state index contributed by atoms with van der Waals surface area (Å²) in [6, 6.07) is 2.07. The van der Waals surface area contributed by atoms with E-state index in [1.807, 2.05) is 17.9 Å². The maximum atomic E-state index is 12.5. The van der Waals surface area contributed by atoms with E-state index in [-0.39, 0.29) is 18.1 Å². The maximum absolute atomic E-state index is 12.5. The normalized spacial score (nSPS) is 24.3. The molecule has 1 aromatic rings. The van der Waals surface area contributed by atoms with Gasteiger partial charge in [-0.2, -0.15) is 0 Å². The van der Waals surface area contributed by atoms with E-state index < -0.39 is 0 Å². The average Bonchev–Trinajstić information content (AvgIpc) is 2.68. The van der Waals surface area contributed by atoms with Crippen molar-refractivity contribution in [2.75, 3.05) is 13.2 Å². The number of carbonyl (C=O) groups excluding carboxylic acids is 1. The van der Waals surface area contributed by atoms with E-state index in [1.165, 1.54) is 11.3 Å². The van der Waals surface area contributed by atoms with Crippen molar-refractivity contribution in [3.63, 3.8) is 0 Å². The molecule has 0 aromatic carbocycles. The number of rotatable bonds is 2. The van der Waals surface area contributed by atoms with Gasteiger partial charge in [-0.25, -0.2) is 0 Å². The van der Waals surface area contributed by atoms with Crippen LogP contribution in [0, 0.1) is 0 Å². The highest BCUT2D eigenvalue weighted by Gasteiger charge is 2.30. The first kappa shape index (κ1) is 14.5. The van der Waals surface area contributed by atoms with Crippen LogP contribution >= 0.6 is 43.2 Å². The number of hydrogen-bond acceptors (Lipinski definition) is 3. The highest BCUT2D eigenvalue weighted by atomic mass is 79.9. The van der Waals surface area contributed by atoms with Gasteiger partial charge in [0.05, 0.1) is 27.4 Å². The van der Waals surface area contributed by atoms with E-state index in [2.05, 4.69) is 38.8 Å².